The number of rotatable bonds is 12. The number of nitrogens with one attached hydrogen (secondary N) is 3. The summed E-state index contributed by atoms with van der Waals surface area (Å²) >= 11 is 2.76. The van der Waals surface area contributed by atoms with Gasteiger partial charge in [-0.05, 0) is 11.1 Å². The monoisotopic (exact) mass is 537 g/mol. The molecule has 2 aromatic heterocycles. The number of anilines is 2. The van der Waals surface area contributed by atoms with Gasteiger partial charge in [-0.25, -0.2) is 0 Å². The predicted octanol–water partition coefficient (Wildman–Crippen LogP) is 4.15. The zero-order valence-electron chi connectivity index (χ0n) is 20.9. The Morgan fingerprint density at radius 3 is 1.46 bits per heavy atom. The number of nitrogens with zero attached hydrogens (tertiary/aromatic N) is 4. The van der Waals surface area contributed by atoms with Crippen molar-refractivity contribution in [1.82, 2.24) is 25.7 Å². The molecule has 194 valence electrons. The molecule has 0 spiro atoms. The summed E-state index contributed by atoms with van der Waals surface area (Å²) in [4.78, 5) is 24.3. The number of amides is 2. The molecule has 11 heteroatoms. The molecule has 0 unspecified atom stereocenters. The number of hydrogen-bond donors (Lipinski definition) is 3. The standard InChI is InChI=1S/C24H25N7O2S2.C2H6/c32-19(15-17-7-3-1-4-8-17)26-23-30-28-21(34-23)11-13-25-14-12-22-29-31-24(35-22)27-20(33)16-18-9-5-2-6-10-18;1-2/h1-10,25H,11-16H2,(H,26,30,32)(H,27,31,33);1-2H3. The molecular formula is C26H31N7O2S2. The number of aromatic nitrogens is 4. The summed E-state index contributed by atoms with van der Waals surface area (Å²) in [7, 11) is 0. The molecule has 2 heterocycles. The summed E-state index contributed by atoms with van der Waals surface area (Å²) in [6.45, 7) is 5.46. The lowest BCUT2D eigenvalue weighted by Gasteiger charge is -2.01. The maximum absolute atomic E-state index is 12.2. The van der Waals surface area contributed by atoms with Gasteiger partial charge in [0.25, 0.3) is 0 Å². The van der Waals surface area contributed by atoms with Crippen LogP contribution in [0.2, 0.25) is 0 Å². The van der Waals surface area contributed by atoms with E-state index in [9.17, 15) is 9.59 Å². The first-order valence-electron chi connectivity index (χ1n) is 12.2. The minimum absolute atomic E-state index is 0.107. The number of hydrogen-bond acceptors (Lipinski definition) is 9. The third-order valence-electron chi connectivity index (χ3n) is 4.87. The summed E-state index contributed by atoms with van der Waals surface area (Å²) in [6, 6.07) is 19.2. The lowest BCUT2D eigenvalue weighted by Crippen LogP contribution is -2.20. The second-order valence-electron chi connectivity index (χ2n) is 7.67. The molecule has 3 N–H and O–H groups in total. The van der Waals surface area contributed by atoms with E-state index in [1.54, 1.807) is 0 Å². The summed E-state index contributed by atoms with van der Waals surface area (Å²) in [5.74, 6) is -0.214. The molecular weight excluding hydrogens is 506 g/mol. The third-order valence-corrected chi connectivity index (χ3v) is 6.67. The van der Waals surface area contributed by atoms with Crippen molar-refractivity contribution in [3.63, 3.8) is 0 Å². The van der Waals surface area contributed by atoms with Gasteiger partial charge in [0.05, 0.1) is 12.8 Å². The van der Waals surface area contributed by atoms with E-state index in [2.05, 4.69) is 36.3 Å². The molecule has 0 aliphatic heterocycles. The highest BCUT2D eigenvalue weighted by atomic mass is 32.1. The van der Waals surface area contributed by atoms with E-state index in [4.69, 9.17) is 0 Å². The Morgan fingerprint density at radius 2 is 1.05 bits per heavy atom. The minimum atomic E-state index is -0.107. The molecule has 4 rings (SSSR count). The minimum Gasteiger partial charge on any atom is -0.316 e. The fourth-order valence-electron chi connectivity index (χ4n) is 3.22. The molecule has 4 aromatic rings. The summed E-state index contributed by atoms with van der Waals surface area (Å²) in [5, 5.41) is 28.1. The first-order chi connectivity index (χ1) is 18.1. The Balaban J connectivity index is 0.00000186. The van der Waals surface area contributed by atoms with Crippen molar-refractivity contribution >= 4 is 44.8 Å². The number of benzene rings is 2. The Labute approximate surface area is 224 Å². The number of carbonyl (C=O) groups is 2. The second kappa shape index (κ2) is 15.5. The first-order valence-corrected chi connectivity index (χ1v) is 13.8. The SMILES string of the molecule is CC.O=C(Cc1ccccc1)Nc1nnc(CCNCCc2nnc(NC(=O)Cc3ccccc3)s2)s1. The Bertz CT molecular complexity index is 1130. The molecule has 0 saturated heterocycles. The zero-order chi connectivity index (χ0) is 26.3. The van der Waals surface area contributed by atoms with Crippen LogP contribution in [0, 0.1) is 0 Å². The lowest BCUT2D eigenvalue weighted by molar-refractivity contribution is -0.116. The van der Waals surface area contributed by atoms with E-state index in [0.717, 1.165) is 34.2 Å². The van der Waals surface area contributed by atoms with Crippen LogP contribution in [0.4, 0.5) is 10.3 Å². The van der Waals surface area contributed by atoms with Crippen molar-refractivity contribution in [2.45, 2.75) is 39.5 Å². The van der Waals surface area contributed by atoms with Crippen molar-refractivity contribution in [3.05, 3.63) is 81.8 Å². The summed E-state index contributed by atoms with van der Waals surface area (Å²) in [5.41, 5.74) is 1.91. The molecule has 0 saturated carbocycles. The second-order valence-corrected chi connectivity index (χ2v) is 9.80. The highest BCUT2D eigenvalue weighted by molar-refractivity contribution is 7.15. The predicted molar refractivity (Wildman–Crippen MR) is 149 cm³/mol. The molecule has 0 aliphatic carbocycles. The van der Waals surface area contributed by atoms with Crippen LogP contribution in [-0.2, 0) is 35.3 Å². The van der Waals surface area contributed by atoms with Crippen molar-refractivity contribution in [3.8, 4) is 0 Å². The van der Waals surface area contributed by atoms with E-state index in [1.165, 1.54) is 22.7 Å². The van der Waals surface area contributed by atoms with Crippen LogP contribution < -0.4 is 16.0 Å². The molecule has 9 nitrogen and oxygen atoms in total. The van der Waals surface area contributed by atoms with Crippen LogP contribution in [0.5, 0.6) is 0 Å². The van der Waals surface area contributed by atoms with Gasteiger partial charge in [-0.15, -0.1) is 20.4 Å². The summed E-state index contributed by atoms with van der Waals surface area (Å²) in [6.07, 6.45) is 2.04. The van der Waals surface area contributed by atoms with Gasteiger partial charge < -0.3 is 16.0 Å². The third kappa shape index (κ3) is 10.2. The average molecular weight is 538 g/mol. The van der Waals surface area contributed by atoms with Gasteiger partial charge in [-0.3, -0.25) is 9.59 Å². The van der Waals surface area contributed by atoms with E-state index in [1.807, 2.05) is 74.5 Å². The van der Waals surface area contributed by atoms with Crippen LogP contribution >= 0.6 is 22.7 Å². The molecule has 0 fully saturated rings. The molecule has 0 aliphatic rings. The normalized spacial score (nSPS) is 10.3. The fourth-order valence-corrected chi connectivity index (χ4v) is 4.73. The van der Waals surface area contributed by atoms with Gasteiger partial charge in [0.2, 0.25) is 22.1 Å². The Morgan fingerprint density at radius 1 is 0.649 bits per heavy atom. The lowest BCUT2D eigenvalue weighted by atomic mass is 10.1. The van der Waals surface area contributed by atoms with Crippen molar-refractivity contribution < 1.29 is 9.59 Å². The van der Waals surface area contributed by atoms with Crippen molar-refractivity contribution in [2.75, 3.05) is 23.7 Å². The first kappa shape index (κ1) is 28.0. The molecule has 0 atom stereocenters. The zero-order valence-corrected chi connectivity index (χ0v) is 22.6. The quantitative estimate of drug-likeness (QED) is 0.232. The smallest absolute Gasteiger partial charge is 0.230 e. The molecule has 2 amide bonds. The molecule has 0 bridgehead atoms. The van der Waals surface area contributed by atoms with Gasteiger partial charge in [-0.1, -0.05) is 97.2 Å². The van der Waals surface area contributed by atoms with E-state index >= 15 is 0 Å². The Kier molecular flexibility index (Phi) is 11.8. The summed E-state index contributed by atoms with van der Waals surface area (Å²) < 4.78 is 0. The molecule has 37 heavy (non-hydrogen) atoms. The van der Waals surface area contributed by atoms with Crippen molar-refractivity contribution in [1.29, 1.82) is 0 Å². The van der Waals surface area contributed by atoms with Gasteiger partial charge in [0.15, 0.2) is 0 Å². The van der Waals surface area contributed by atoms with Crippen LogP contribution in [0.3, 0.4) is 0 Å². The van der Waals surface area contributed by atoms with Gasteiger partial charge in [0, 0.05) is 25.9 Å². The average Bonchev–Trinajstić information content (AvgIpc) is 3.55. The highest BCUT2D eigenvalue weighted by Gasteiger charge is 2.10. The van der Waals surface area contributed by atoms with Crippen molar-refractivity contribution in [2.24, 2.45) is 0 Å². The van der Waals surface area contributed by atoms with Crippen LogP contribution in [0.15, 0.2) is 60.7 Å². The Hall–Kier alpha value is -3.54. The van der Waals surface area contributed by atoms with Gasteiger partial charge >= 0.3 is 0 Å². The molecule has 2 aromatic carbocycles. The maximum Gasteiger partial charge on any atom is 0.230 e. The van der Waals surface area contributed by atoms with Gasteiger partial charge in [-0.2, -0.15) is 0 Å². The van der Waals surface area contributed by atoms with Gasteiger partial charge in [0.1, 0.15) is 10.0 Å². The number of carbonyl (C=O) groups excluding carboxylic acids is 2. The van der Waals surface area contributed by atoms with Crippen LogP contribution in [0.25, 0.3) is 0 Å². The highest BCUT2D eigenvalue weighted by Crippen LogP contribution is 2.17. The fraction of sp³-hybridized carbons (Fsp3) is 0.308. The van der Waals surface area contributed by atoms with E-state index in [-0.39, 0.29) is 11.8 Å². The largest absolute Gasteiger partial charge is 0.316 e. The van der Waals surface area contributed by atoms with Crippen LogP contribution in [0.1, 0.15) is 35.0 Å². The molecule has 0 radical (unpaired) electrons. The topological polar surface area (TPSA) is 122 Å². The van der Waals surface area contributed by atoms with E-state index < -0.39 is 0 Å². The van der Waals surface area contributed by atoms with E-state index in [0.29, 0.717) is 35.9 Å². The maximum atomic E-state index is 12.2. The van der Waals surface area contributed by atoms with Crippen LogP contribution in [-0.4, -0.2) is 45.3 Å².